The van der Waals surface area contributed by atoms with Crippen LogP contribution in [0.4, 0.5) is 5.69 Å². The van der Waals surface area contributed by atoms with Gasteiger partial charge >= 0.3 is 0 Å². The van der Waals surface area contributed by atoms with Crippen LogP contribution in [-0.2, 0) is 8.95 Å². The Morgan fingerprint density at radius 3 is 1.61 bits per heavy atom. The summed E-state index contributed by atoms with van der Waals surface area (Å²) in [6.07, 6.45) is 0. The minimum Gasteiger partial charge on any atom is -0.389 e. The van der Waals surface area contributed by atoms with Crippen LogP contribution in [0, 0.1) is 5.41 Å². The molecule has 1 aromatic carbocycles. The van der Waals surface area contributed by atoms with E-state index in [0.717, 1.165) is 5.69 Å². The Morgan fingerprint density at radius 1 is 0.818 bits per heavy atom. The normalized spacial score (nSPS) is 24.0. The van der Waals surface area contributed by atoms with Crippen molar-refractivity contribution in [2.75, 3.05) is 5.06 Å². The zero-order valence-electron chi connectivity index (χ0n) is 24.1. The van der Waals surface area contributed by atoms with Gasteiger partial charge in [-0.15, -0.1) is 0 Å². The number of anilines is 1. The van der Waals surface area contributed by atoms with Crippen molar-refractivity contribution in [3.8, 4) is 0 Å². The maximum Gasteiger partial charge on any atom is 0.252 e. The molecule has 0 radical (unpaired) electrons. The Labute approximate surface area is 208 Å². The smallest absolute Gasteiger partial charge is 0.252 e. The molecule has 1 aliphatic rings. The summed E-state index contributed by atoms with van der Waals surface area (Å²) in [5, 5.41) is 3.47. The molecule has 1 unspecified atom stereocenters. The van der Waals surface area contributed by atoms with Crippen molar-refractivity contribution in [3.05, 3.63) is 30.3 Å². The van der Waals surface area contributed by atoms with Gasteiger partial charge in [-0.05, 0) is 52.5 Å². The van der Waals surface area contributed by atoms with Gasteiger partial charge < -0.3 is 8.95 Å². The molecule has 188 valence electrons. The summed E-state index contributed by atoms with van der Waals surface area (Å²) in [4.78, 5) is 5.65. The van der Waals surface area contributed by atoms with Crippen molar-refractivity contribution < 1.29 is 8.95 Å². The first-order valence-corrected chi connectivity index (χ1v) is 26.7. The van der Waals surface area contributed by atoms with Gasteiger partial charge in [-0.1, -0.05) is 78.3 Å². The Balaban J connectivity index is 3.18. The van der Waals surface area contributed by atoms with Crippen molar-refractivity contribution in [1.29, 1.82) is 0 Å². The second kappa shape index (κ2) is 8.55. The summed E-state index contributed by atoms with van der Waals surface area (Å²) in [7, 11) is -8.24. The lowest BCUT2D eigenvalue weighted by Gasteiger charge is -2.51. The van der Waals surface area contributed by atoms with Gasteiger partial charge in [-0.25, -0.2) is 5.06 Å². The van der Waals surface area contributed by atoms with Crippen molar-refractivity contribution in [2.24, 2.45) is 10.4 Å². The molecule has 1 atom stereocenters. The Hall–Kier alpha value is -0.522. The van der Waals surface area contributed by atoms with E-state index in [9.17, 15) is 0 Å². The number of nitrogens with zero attached hydrogens (tertiary/aromatic N) is 2. The summed E-state index contributed by atoms with van der Waals surface area (Å²) >= 11 is 0. The lowest BCUT2D eigenvalue weighted by Crippen LogP contribution is -2.78. The quantitative estimate of drug-likeness (QED) is 0.373. The molecule has 1 heterocycles. The van der Waals surface area contributed by atoms with Crippen LogP contribution in [0.15, 0.2) is 35.3 Å². The van der Waals surface area contributed by atoms with Crippen LogP contribution >= 0.6 is 0 Å². The molecule has 0 bridgehead atoms. The standard InChI is InChI=1S/C25H50N2O2Si4/c1-23(2,3)25(28-30(7,8)9)22(26-24(4,5)6)33(31(10,11)12,32(13,14)15)29-27(25)21-19-17-16-18-20-21/h16-20H,1-15H3. The molecule has 4 nitrogen and oxygen atoms in total. The lowest BCUT2D eigenvalue weighted by molar-refractivity contribution is -0.0201. The van der Waals surface area contributed by atoms with Crippen LogP contribution < -0.4 is 5.06 Å². The summed E-state index contributed by atoms with van der Waals surface area (Å²) in [5.41, 5.74) is -0.138. The van der Waals surface area contributed by atoms with E-state index in [1.165, 1.54) is 5.33 Å². The highest BCUT2D eigenvalue weighted by Crippen LogP contribution is 2.54. The van der Waals surface area contributed by atoms with Gasteiger partial charge in [0.15, 0.2) is 14.0 Å². The predicted octanol–water partition coefficient (Wildman–Crippen LogP) is 7.59. The maximum atomic E-state index is 7.57. The van der Waals surface area contributed by atoms with E-state index in [-0.39, 0.29) is 11.0 Å². The van der Waals surface area contributed by atoms with Crippen LogP contribution in [0.1, 0.15) is 41.5 Å². The molecule has 1 fully saturated rings. The van der Waals surface area contributed by atoms with Crippen molar-refractivity contribution in [3.63, 3.8) is 0 Å². The second-order valence-corrected chi connectivity index (χ2v) is 44.8. The van der Waals surface area contributed by atoms with Gasteiger partial charge in [0.1, 0.15) is 0 Å². The van der Waals surface area contributed by atoms with Crippen molar-refractivity contribution in [1.82, 2.24) is 0 Å². The largest absolute Gasteiger partial charge is 0.389 e. The number of para-hydroxylation sites is 1. The molecule has 2 rings (SSSR count). The van der Waals surface area contributed by atoms with Gasteiger partial charge in [0.05, 0.1) is 31.7 Å². The third kappa shape index (κ3) is 5.21. The number of hydrogen-bond acceptors (Lipinski definition) is 4. The van der Waals surface area contributed by atoms with Gasteiger partial charge in [0, 0.05) is 5.41 Å². The minimum absolute atomic E-state index is 0.220. The molecule has 0 spiro atoms. The number of aliphatic imine (C=N–C) groups is 1. The highest BCUT2D eigenvalue weighted by atomic mass is 29.7. The Kier molecular flexibility index (Phi) is 7.44. The molecular formula is C25H50N2O2Si4. The number of hydrogen-bond donors (Lipinski definition) is 0. The van der Waals surface area contributed by atoms with E-state index in [0.29, 0.717) is 0 Å². The molecule has 0 aliphatic carbocycles. The van der Waals surface area contributed by atoms with Crippen LogP contribution in [0.25, 0.3) is 0 Å². The van der Waals surface area contributed by atoms with E-state index in [1.807, 2.05) is 0 Å². The molecule has 33 heavy (non-hydrogen) atoms. The molecule has 0 amide bonds. The summed E-state index contributed by atoms with van der Waals surface area (Å²) < 4.78 is 15.0. The third-order valence-electron chi connectivity index (χ3n) is 6.19. The molecule has 1 aliphatic heterocycles. The SMILES string of the molecule is CC(C)(C)N=C1C(O[Si](C)(C)C)(C(C)(C)C)N(c2ccccc2)O[Si]1([Si](C)(C)C)[Si](C)(C)C. The highest BCUT2D eigenvalue weighted by Gasteiger charge is 2.76. The molecular weight excluding hydrogens is 473 g/mol. The maximum absolute atomic E-state index is 7.57. The zero-order chi connectivity index (χ0) is 25.9. The first-order valence-electron chi connectivity index (χ1n) is 12.4. The van der Waals surface area contributed by atoms with Gasteiger partial charge in [-0.3, -0.25) is 4.99 Å². The monoisotopic (exact) mass is 522 g/mol. The Bertz CT molecular complexity index is 855. The molecule has 0 saturated carbocycles. The van der Waals surface area contributed by atoms with E-state index < -0.39 is 36.6 Å². The fourth-order valence-corrected chi connectivity index (χ4v) is 47.9. The van der Waals surface area contributed by atoms with Crippen LogP contribution in [0.3, 0.4) is 0 Å². The highest BCUT2D eigenvalue weighted by molar-refractivity contribution is 7.76. The third-order valence-corrected chi connectivity index (χ3v) is 41.0. The van der Waals surface area contributed by atoms with Gasteiger partial charge in [0.2, 0.25) is 0 Å². The van der Waals surface area contributed by atoms with E-state index in [2.05, 4.69) is 136 Å². The molecule has 0 aromatic heterocycles. The fraction of sp³-hybridized carbons (Fsp3) is 0.720. The number of rotatable bonds is 5. The van der Waals surface area contributed by atoms with Gasteiger partial charge in [0.25, 0.3) is 7.35 Å². The lowest BCUT2D eigenvalue weighted by atomic mass is 9.82. The predicted molar refractivity (Wildman–Crippen MR) is 156 cm³/mol. The summed E-state index contributed by atoms with van der Waals surface area (Å²) in [5.74, 6) is 0. The molecule has 1 aromatic rings. The minimum atomic E-state index is -2.51. The van der Waals surface area contributed by atoms with Crippen LogP contribution in [0.2, 0.25) is 58.9 Å². The van der Waals surface area contributed by atoms with E-state index >= 15 is 0 Å². The zero-order valence-corrected chi connectivity index (χ0v) is 28.1. The van der Waals surface area contributed by atoms with E-state index in [4.69, 9.17) is 13.9 Å². The molecule has 0 N–H and O–H groups in total. The second-order valence-electron chi connectivity index (χ2n) is 14.6. The first kappa shape index (κ1) is 28.7. The van der Waals surface area contributed by atoms with Crippen LogP contribution in [-0.4, -0.2) is 47.5 Å². The van der Waals surface area contributed by atoms with Crippen LogP contribution in [0.5, 0.6) is 0 Å². The summed E-state index contributed by atoms with van der Waals surface area (Å²) in [6, 6.07) is 10.6. The summed E-state index contributed by atoms with van der Waals surface area (Å²) in [6.45, 7) is 35.5. The van der Waals surface area contributed by atoms with Gasteiger partial charge in [-0.2, -0.15) is 0 Å². The fourth-order valence-electron chi connectivity index (χ4n) is 5.32. The van der Waals surface area contributed by atoms with Crippen molar-refractivity contribution >= 4 is 41.9 Å². The average molecular weight is 523 g/mol. The number of hydroxylamine groups is 1. The Morgan fingerprint density at radius 2 is 1.27 bits per heavy atom. The van der Waals surface area contributed by atoms with E-state index in [1.54, 1.807) is 0 Å². The first-order chi connectivity index (χ1) is 14.5. The van der Waals surface area contributed by atoms with Crippen molar-refractivity contribution in [2.45, 2.75) is 112 Å². The molecule has 8 heteroatoms. The molecule has 1 saturated heterocycles. The average Bonchev–Trinajstić information content (AvgIpc) is 2.84. The topological polar surface area (TPSA) is 34.1 Å². The number of benzene rings is 1.